The normalized spacial score (nSPS) is 22.0. The lowest BCUT2D eigenvalue weighted by Crippen LogP contribution is -2.50. The van der Waals surface area contributed by atoms with Crippen molar-refractivity contribution in [2.24, 2.45) is 7.05 Å². The van der Waals surface area contributed by atoms with Crippen LogP contribution in [0.5, 0.6) is 0 Å². The summed E-state index contributed by atoms with van der Waals surface area (Å²) in [6, 6.07) is -1.11. The summed E-state index contributed by atoms with van der Waals surface area (Å²) in [7, 11) is 1.84. The van der Waals surface area contributed by atoms with Crippen molar-refractivity contribution in [2.75, 3.05) is 5.75 Å². The zero-order valence-electron chi connectivity index (χ0n) is 11.4. The number of aliphatic carboxylic acids is 1. The molecule has 2 unspecified atom stereocenters. The van der Waals surface area contributed by atoms with Gasteiger partial charge >= 0.3 is 12.0 Å². The van der Waals surface area contributed by atoms with Crippen LogP contribution in [-0.2, 0) is 18.4 Å². The number of urea groups is 1. The SMILES string of the molecule is CCC1SCC(C(=O)O)N1C(=O)NCc1nccn1C. The Bertz CT molecular complexity index is 505. The van der Waals surface area contributed by atoms with E-state index in [9.17, 15) is 14.7 Å². The van der Waals surface area contributed by atoms with Gasteiger partial charge in [-0.25, -0.2) is 14.6 Å². The van der Waals surface area contributed by atoms with Crippen LogP contribution in [0.3, 0.4) is 0 Å². The molecule has 0 aromatic carbocycles. The van der Waals surface area contributed by atoms with Gasteiger partial charge in [-0.1, -0.05) is 6.92 Å². The highest BCUT2D eigenvalue weighted by atomic mass is 32.2. The van der Waals surface area contributed by atoms with Gasteiger partial charge in [0.1, 0.15) is 11.9 Å². The molecule has 2 amide bonds. The quantitative estimate of drug-likeness (QED) is 0.861. The first-order valence-electron chi connectivity index (χ1n) is 6.41. The van der Waals surface area contributed by atoms with E-state index in [2.05, 4.69) is 10.3 Å². The number of imidazole rings is 1. The number of aryl methyl sites for hydroxylation is 1. The van der Waals surface area contributed by atoms with Crippen LogP contribution in [0.25, 0.3) is 0 Å². The number of carbonyl (C=O) groups is 2. The fourth-order valence-electron chi connectivity index (χ4n) is 2.15. The molecule has 1 aliphatic heterocycles. The Morgan fingerprint density at radius 1 is 1.60 bits per heavy atom. The highest BCUT2D eigenvalue weighted by Gasteiger charge is 2.40. The first kappa shape index (κ1) is 14.7. The predicted molar refractivity (Wildman–Crippen MR) is 75.2 cm³/mol. The Hall–Kier alpha value is -1.70. The first-order chi connectivity index (χ1) is 9.54. The molecule has 0 radical (unpaired) electrons. The van der Waals surface area contributed by atoms with E-state index in [0.717, 1.165) is 12.2 Å². The van der Waals surface area contributed by atoms with Crippen molar-refractivity contribution in [1.82, 2.24) is 19.8 Å². The summed E-state index contributed by atoms with van der Waals surface area (Å²) in [6.07, 6.45) is 4.18. The molecule has 2 heterocycles. The van der Waals surface area contributed by atoms with E-state index in [0.29, 0.717) is 5.75 Å². The van der Waals surface area contributed by atoms with Crippen LogP contribution in [0.4, 0.5) is 4.79 Å². The lowest BCUT2D eigenvalue weighted by Gasteiger charge is -2.26. The van der Waals surface area contributed by atoms with Gasteiger partial charge in [-0.3, -0.25) is 4.90 Å². The standard InChI is InChI=1S/C12H18N4O3S/c1-3-10-16(8(7-20-10)11(17)18)12(19)14-6-9-13-4-5-15(9)2/h4-5,8,10H,3,6-7H2,1-2H3,(H,14,19)(H,17,18). The largest absolute Gasteiger partial charge is 0.480 e. The molecule has 1 aromatic heterocycles. The smallest absolute Gasteiger partial charge is 0.327 e. The fraction of sp³-hybridized carbons (Fsp3) is 0.583. The van der Waals surface area contributed by atoms with Crippen molar-refractivity contribution in [3.05, 3.63) is 18.2 Å². The number of hydrogen-bond acceptors (Lipinski definition) is 4. The molecule has 0 saturated carbocycles. The van der Waals surface area contributed by atoms with E-state index in [4.69, 9.17) is 0 Å². The second-order valence-electron chi connectivity index (χ2n) is 4.57. The van der Waals surface area contributed by atoms with Crippen LogP contribution in [0.1, 0.15) is 19.2 Å². The molecule has 0 spiro atoms. The lowest BCUT2D eigenvalue weighted by molar-refractivity contribution is -0.141. The second-order valence-corrected chi connectivity index (χ2v) is 5.78. The zero-order valence-corrected chi connectivity index (χ0v) is 12.3. The van der Waals surface area contributed by atoms with Gasteiger partial charge in [-0.15, -0.1) is 11.8 Å². The number of carbonyl (C=O) groups excluding carboxylic acids is 1. The number of nitrogens with one attached hydrogen (secondary N) is 1. The maximum atomic E-state index is 12.2. The molecule has 2 N–H and O–H groups in total. The Morgan fingerprint density at radius 2 is 2.35 bits per heavy atom. The number of aromatic nitrogens is 2. The molecule has 1 aliphatic rings. The predicted octanol–water partition coefficient (Wildman–Crippen LogP) is 0.868. The summed E-state index contributed by atoms with van der Waals surface area (Å²) in [6.45, 7) is 2.23. The number of rotatable bonds is 4. The van der Waals surface area contributed by atoms with Crippen LogP contribution in [0.15, 0.2) is 12.4 Å². The zero-order chi connectivity index (χ0) is 14.7. The van der Waals surface area contributed by atoms with Gasteiger partial charge in [0.05, 0.1) is 11.9 Å². The second kappa shape index (κ2) is 6.17. The number of thioether (sulfide) groups is 1. The monoisotopic (exact) mass is 298 g/mol. The van der Waals surface area contributed by atoms with Crippen LogP contribution in [0.2, 0.25) is 0 Å². The van der Waals surface area contributed by atoms with Crippen molar-refractivity contribution in [3.8, 4) is 0 Å². The molecule has 20 heavy (non-hydrogen) atoms. The van der Waals surface area contributed by atoms with Gasteiger partial charge in [-0.2, -0.15) is 0 Å². The molecule has 1 saturated heterocycles. The number of carboxylic acids is 1. The average molecular weight is 298 g/mol. The van der Waals surface area contributed by atoms with Crippen LogP contribution in [-0.4, -0.2) is 48.7 Å². The van der Waals surface area contributed by atoms with Gasteiger partial charge in [0.2, 0.25) is 0 Å². The van der Waals surface area contributed by atoms with Crippen molar-refractivity contribution in [1.29, 1.82) is 0 Å². The van der Waals surface area contributed by atoms with Crippen LogP contribution in [0, 0.1) is 0 Å². The fourth-order valence-corrected chi connectivity index (χ4v) is 3.50. The number of nitrogens with zero attached hydrogens (tertiary/aromatic N) is 3. The lowest BCUT2D eigenvalue weighted by atomic mass is 10.3. The van der Waals surface area contributed by atoms with E-state index >= 15 is 0 Å². The van der Waals surface area contributed by atoms with E-state index in [1.165, 1.54) is 16.7 Å². The molecule has 2 rings (SSSR count). The molecule has 8 heteroatoms. The van der Waals surface area contributed by atoms with Gasteiger partial charge < -0.3 is 15.0 Å². The Labute approximate surface area is 121 Å². The molecule has 2 atom stereocenters. The Kier molecular flexibility index (Phi) is 4.53. The molecule has 7 nitrogen and oxygen atoms in total. The van der Waals surface area contributed by atoms with E-state index in [1.807, 2.05) is 18.5 Å². The summed E-state index contributed by atoms with van der Waals surface area (Å²) < 4.78 is 1.81. The minimum absolute atomic E-state index is 0.0857. The third-order valence-corrected chi connectivity index (χ3v) is 4.73. The third-order valence-electron chi connectivity index (χ3n) is 3.28. The number of carboxylic acid groups (broad SMARTS) is 1. The summed E-state index contributed by atoms with van der Waals surface area (Å²) in [5.41, 5.74) is 0. The first-order valence-corrected chi connectivity index (χ1v) is 7.46. The Balaban J connectivity index is 2.02. The minimum atomic E-state index is -0.958. The molecule has 1 fully saturated rings. The van der Waals surface area contributed by atoms with Crippen molar-refractivity contribution in [3.63, 3.8) is 0 Å². The van der Waals surface area contributed by atoms with Gasteiger partial charge in [0.25, 0.3) is 0 Å². The highest BCUT2D eigenvalue weighted by molar-refractivity contribution is 8.00. The van der Waals surface area contributed by atoms with E-state index < -0.39 is 12.0 Å². The van der Waals surface area contributed by atoms with Gasteiger partial charge in [-0.05, 0) is 6.42 Å². The maximum absolute atomic E-state index is 12.2. The van der Waals surface area contributed by atoms with E-state index in [1.54, 1.807) is 12.4 Å². The number of amides is 2. The summed E-state index contributed by atoms with van der Waals surface area (Å²) >= 11 is 1.51. The van der Waals surface area contributed by atoms with E-state index in [-0.39, 0.29) is 17.9 Å². The summed E-state index contributed by atoms with van der Waals surface area (Å²) in [5.74, 6) is 0.203. The summed E-state index contributed by atoms with van der Waals surface area (Å²) in [4.78, 5) is 29.0. The molecule has 0 bridgehead atoms. The molecular formula is C12H18N4O3S. The Morgan fingerprint density at radius 3 is 2.90 bits per heavy atom. The molecule has 1 aromatic rings. The summed E-state index contributed by atoms with van der Waals surface area (Å²) in [5, 5.41) is 11.8. The topological polar surface area (TPSA) is 87.5 Å². The van der Waals surface area contributed by atoms with Crippen LogP contribution < -0.4 is 5.32 Å². The molecule has 0 aliphatic carbocycles. The van der Waals surface area contributed by atoms with Crippen molar-refractivity contribution < 1.29 is 14.7 Å². The molecule has 110 valence electrons. The van der Waals surface area contributed by atoms with Crippen LogP contribution >= 0.6 is 11.8 Å². The van der Waals surface area contributed by atoms with Crippen molar-refractivity contribution in [2.45, 2.75) is 31.3 Å². The number of hydrogen-bond donors (Lipinski definition) is 2. The maximum Gasteiger partial charge on any atom is 0.327 e. The minimum Gasteiger partial charge on any atom is -0.480 e. The highest BCUT2D eigenvalue weighted by Crippen LogP contribution is 2.31. The van der Waals surface area contributed by atoms with Crippen molar-refractivity contribution >= 4 is 23.8 Å². The molecular weight excluding hydrogens is 280 g/mol. The van der Waals surface area contributed by atoms with Gasteiger partial charge in [0, 0.05) is 25.2 Å². The average Bonchev–Trinajstić information content (AvgIpc) is 3.01. The van der Waals surface area contributed by atoms with Gasteiger partial charge in [0.15, 0.2) is 0 Å². The third kappa shape index (κ3) is 2.90.